The van der Waals surface area contributed by atoms with Crippen LogP contribution in [0.25, 0.3) is 11.0 Å². The van der Waals surface area contributed by atoms with E-state index in [2.05, 4.69) is 31.1 Å². The van der Waals surface area contributed by atoms with Crippen molar-refractivity contribution in [1.29, 1.82) is 0 Å². The van der Waals surface area contributed by atoms with Gasteiger partial charge in [-0.05, 0) is 44.3 Å². The lowest BCUT2D eigenvalue weighted by molar-refractivity contribution is 0.120. The molecule has 1 aromatic carbocycles. The second kappa shape index (κ2) is 5.84. The Hall–Kier alpha value is -1.32. The Morgan fingerprint density at radius 3 is 2.88 bits per heavy atom. The summed E-state index contributed by atoms with van der Waals surface area (Å²) in [5, 5.41) is 1.16. The molecule has 1 heterocycles. The number of rotatable bonds is 6. The first-order valence-electron chi connectivity index (χ1n) is 5.94. The van der Waals surface area contributed by atoms with Gasteiger partial charge in [-0.15, -0.1) is 0 Å². The Kier molecular flexibility index (Phi) is 4.18. The first kappa shape index (κ1) is 12.1. The lowest BCUT2D eigenvalue weighted by Gasteiger charge is -2.09. The summed E-state index contributed by atoms with van der Waals surface area (Å²) in [7, 11) is 4.10. The lowest BCUT2D eigenvalue weighted by Crippen LogP contribution is -2.18. The van der Waals surface area contributed by atoms with Crippen molar-refractivity contribution in [2.45, 2.75) is 6.42 Å². The lowest BCUT2D eigenvalue weighted by atomic mass is 10.1. The standard InChI is InChI=1S/C14H19NO2/c1-15(2)7-10-16-8-5-12-3-4-14-13(11-12)6-9-17-14/h3-4,6,9,11H,5,7-8,10H2,1-2H3. The van der Waals surface area contributed by atoms with E-state index in [9.17, 15) is 0 Å². The van der Waals surface area contributed by atoms with Gasteiger partial charge < -0.3 is 14.1 Å². The maximum Gasteiger partial charge on any atom is 0.133 e. The van der Waals surface area contributed by atoms with Crippen LogP contribution in [0.4, 0.5) is 0 Å². The van der Waals surface area contributed by atoms with Crippen molar-refractivity contribution < 1.29 is 9.15 Å². The van der Waals surface area contributed by atoms with E-state index in [0.29, 0.717) is 0 Å². The zero-order valence-electron chi connectivity index (χ0n) is 10.5. The van der Waals surface area contributed by atoms with Crippen LogP contribution in [-0.2, 0) is 11.2 Å². The average molecular weight is 233 g/mol. The second-order valence-corrected chi connectivity index (χ2v) is 4.46. The van der Waals surface area contributed by atoms with E-state index in [4.69, 9.17) is 9.15 Å². The molecule has 2 rings (SSSR count). The smallest absolute Gasteiger partial charge is 0.133 e. The molecule has 0 radical (unpaired) electrons. The summed E-state index contributed by atoms with van der Waals surface area (Å²) in [6, 6.07) is 8.27. The van der Waals surface area contributed by atoms with Crippen LogP contribution in [0.5, 0.6) is 0 Å². The molecule has 0 atom stereocenters. The predicted octanol–water partition coefficient (Wildman–Crippen LogP) is 2.55. The summed E-state index contributed by atoms with van der Waals surface area (Å²) in [5.74, 6) is 0. The van der Waals surface area contributed by atoms with Gasteiger partial charge >= 0.3 is 0 Å². The van der Waals surface area contributed by atoms with Gasteiger partial charge in [-0.25, -0.2) is 0 Å². The van der Waals surface area contributed by atoms with Crippen LogP contribution >= 0.6 is 0 Å². The van der Waals surface area contributed by atoms with E-state index in [-0.39, 0.29) is 0 Å². The number of likely N-dealkylation sites (N-methyl/N-ethyl adjacent to an activating group) is 1. The van der Waals surface area contributed by atoms with Crippen molar-refractivity contribution in [2.24, 2.45) is 0 Å². The van der Waals surface area contributed by atoms with Crippen molar-refractivity contribution >= 4 is 11.0 Å². The van der Waals surface area contributed by atoms with Gasteiger partial charge in [0.1, 0.15) is 5.58 Å². The molecule has 17 heavy (non-hydrogen) atoms. The van der Waals surface area contributed by atoms with Crippen molar-refractivity contribution in [3.05, 3.63) is 36.1 Å². The maximum absolute atomic E-state index is 5.58. The average Bonchev–Trinajstić information content (AvgIpc) is 2.75. The number of furan rings is 1. The molecule has 0 amide bonds. The van der Waals surface area contributed by atoms with Crippen LogP contribution in [0.15, 0.2) is 34.9 Å². The number of nitrogens with zero attached hydrogens (tertiary/aromatic N) is 1. The predicted molar refractivity (Wildman–Crippen MR) is 69.3 cm³/mol. The minimum absolute atomic E-state index is 0.775. The summed E-state index contributed by atoms with van der Waals surface area (Å²) in [6.45, 7) is 2.54. The third-order valence-electron chi connectivity index (χ3n) is 2.73. The molecular formula is C14H19NO2. The Labute approximate surface area is 102 Å². The molecule has 92 valence electrons. The highest BCUT2D eigenvalue weighted by atomic mass is 16.5. The fourth-order valence-electron chi connectivity index (χ4n) is 1.71. The monoisotopic (exact) mass is 233 g/mol. The van der Waals surface area contributed by atoms with Crippen LogP contribution in [0.2, 0.25) is 0 Å². The number of hydrogen-bond acceptors (Lipinski definition) is 3. The van der Waals surface area contributed by atoms with E-state index in [1.54, 1.807) is 6.26 Å². The molecule has 0 aliphatic rings. The largest absolute Gasteiger partial charge is 0.464 e. The van der Waals surface area contributed by atoms with Gasteiger partial charge in [0.25, 0.3) is 0 Å². The maximum atomic E-state index is 5.58. The van der Waals surface area contributed by atoms with Gasteiger partial charge in [-0.1, -0.05) is 6.07 Å². The molecule has 0 saturated carbocycles. The first-order chi connectivity index (χ1) is 8.25. The van der Waals surface area contributed by atoms with Gasteiger partial charge in [0.05, 0.1) is 19.5 Å². The second-order valence-electron chi connectivity index (χ2n) is 4.46. The first-order valence-corrected chi connectivity index (χ1v) is 5.94. The zero-order valence-corrected chi connectivity index (χ0v) is 10.5. The summed E-state index contributed by atoms with van der Waals surface area (Å²) >= 11 is 0. The van der Waals surface area contributed by atoms with Crippen molar-refractivity contribution in [3.63, 3.8) is 0 Å². The Bertz CT molecular complexity index is 462. The summed E-state index contributed by atoms with van der Waals surface area (Å²) < 4.78 is 10.9. The third kappa shape index (κ3) is 3.58. The number of hydrogen-bond donors (Lipinski definition) is 0. The van der Waals surface area contributed by atoms with Crippen LogP contribution in [0.1, 0.15) is 5.56 Å². The van der Waals surface area contributed by atoms with Crippen LogP contribution in [0.3, 0.4) is 0 Å². The normalized spacial score (nSPS) is 11.5. The van der Waals surface area contributed by atoms with Crippen molar-refractivity contribution in [3.8, 4) is 0 Å². The van der Waals surface area contributed by atoms with Crippen LogP contribution in [0, 0.1) is 0 Å². The van der Waals surface area contributed by atoms with E-state index in [1.165, 1.54) is 5.56 Å². The van der Waals surface area contributed by atoms with Crippen LogP contribution in [-0.4, -0.2) is 38.8 Å². The quantitative estimate of drug-likeness (QED) is 0.717. The molecule has 3 nitrogen and oxygen atoms in total. The minimum Gasteiger partial charge on any atom is -0.464 e. The highest BCUT2D eigenvalue weighted by molar-refractivity contribution is 5.77. The fourth-order valence-corrected chi connectivity index (χ4v) is 1.71. The molecule has 0 spiro atoms. The summed E-state index contributed by atoms with van der Waals surface area (Å²) in [6.07, 6.45) is 2.68. The molecule has 1 aromatic heterocycles. The molecular weight excluding hydrogens is 214 g/mol. The van der Waals surface area contributed by atoms with Crippen molar-refractivity contribution in [2.75, 3.05) is 33.9 Å². The molecule has 3 heteroatoms. The Balaban J connectivity index is 1.78. The SMILES string of the molecule is CN(C)CCOCCc1ccc2occc2c1. The Morgan fingerprint density at radius 2 is 2.06 bits per heavy atom. The molecule has 0 aliphatic heterocycles. The number of fused-ring (bicyclic) bond motifs is 1. The topological polar surface area (TPSA) is 25.6 Å². The summed E-state index contributed by atoms with van der Waals surface area (Å²) in [4.78, 5) is 2.12. The van der Waals surface area contributed by atoms with Gasteiger partial charge in [-0.3, -0.25) is 0 Å². The van der Waals surface area contributed by atoms with E-state index < -0.39 is 0 Å². The zero-order chi connectivity index (χ0) is 12.1. The molecule has 0 N–H and O–H groups in total. The molecule has 0 bridgehead atoms. The highest BCUT2D eigenvalue weighted by Gasteiger charge is 1.99. The van der Waals surface area contributed by atoms with E-state index >= 15 is 0 Å². The minimum atomic E-state index is 0.775. The van der Waals surface area contributed by atoms with Gasteiger partial charge in [-0.2, -0.15) is 0 Å². The van der Waals surface area contributed by atoms with E-state index in [0.717, 1.165) is 37.1 Å². The summed E-state index contributed by atoms with van der Waals surface area (Å²) in [5.41, 5.74) is 2.24. The fraction of sp³-hybridized carbons (Fsp3) is 0.429. The van der Waals surface area contributed by atoms with E-state index in [1.807, 2.05) is 12.1 Å². The molecule has 0 unspecified atom stereocenters. The number of ether oxygens (including phenoxy) is 1. The van der Waals surface area contributed by atoms with Crippen molar-refractivity contribution in [1.82, 2.24) is 4.90 Å². The number of benzene rings is 1. The van der Waals surface area contributed by atoms with Gasteiger partial charge in [0, 0.05) is 11.9 Å². The van der Waals surface area contributed by atoms with Gasteiger partial charge in [0.2, 0.25) is 0 Å². The molecule has 0 aliphatic carbocycles. The van der Waals surface area contributed by atoms with Crippen LogP contribution < -0.4 is 0 Å². The molecule has 2 aromatic rings. The molecule has 0 saturated heterocycles. The molecule has 0 fully saturated rings. The van der Waals surface area contributed by atoms with Gasteiger partial charge in [0.15, 0.2) is 0 Å². The Morgan fingerprint density at radius 1 is 1.18 bits per heavy atom. The highest BCUT2D eigenvalue weighted by Crippen LogP contribution is 2.17. The third-order valence-corrected chi connectivity index (χ3v) is 2.73.